The van der Waals surface area contributed by atoms with Gasteiger partial charge < -0.3 is 15.7 Å². The van der Waals surface area contributed by atoms with Gasteiger partial charge in [-0.15, -0.1) is 0 Å². The average Bonchev–Trinajstić information content (AvgIpc) is 2.94. The largest absolute Gasteiger partial charge is 0.484 e. The number of carbonyl (C=O) groups is 1. The molecule has 148 valence electrons. The van der Waals surface area contributed by atoms with Gasteiger partial charge in [0.1, 0.15) is 5.75 Å². The van der Waals surface area contributed by atoms with Gasteiger partial charge in [-0.3, -0.25) is 4.98 Å². The SMILES string of the molecule is Cc1c(OCC(F)(F)F)ccnc1CSc1nc2cc(C(=O)O)ccc2n1N. The Morgan fingerprint density at radius 2 is 2.11 bits per heavy atom. The van der Waals surface area contributed by atoms with E-state index in [0.717, 1.165) is 0 Å². The number of aromatic nitrogens is 3. The number of benzene rings is 1. The molecule has 0 aliphatic heterocycles. The molecule has 0 aliphatic carbocycles. The second kappa shape index (κ2) is 7.58. The van der Waals surface area contributed by atoms with Crippen LogP contribution in [0.1, 0.15) is 21.6 Å². The topological polar surface area (TPSA) is 103 Å². The number of aromatic carboxylic acids is 1. The van der Waals surface area contributed by atoms with E-state index < -0.39 is 18.8 Å². The van der Waals surface area contributed by atoms with E-state index in [1.165, 1.54) is 40.8 Å². The lowest BCUT2D eigenvalue weighted by Crippen LogP contribution is -2.19. The molecule has 0 fully saturated rings. The van der Waals surface area contributed by atoms with E-state index in [1.54, 1.807) is 13.0 Å². The van der Waals surface area contributed by atoms with Crippen molar-refractivity contribution in [1.29, 1.82) is 0 Å². The van der Waals surface area contributed by atoms with E-state index in [2.05, 4.69) is 9.97 Å². The molecular weight excluding hydrogens is 397 g/mol. The van der Waals surface area contributed by atoms with Gasteiger partial charge in [0.25, 0.3) is 0 Å². The van der Waals surface area contributed by atoms with Crippen molar-refractivity contribution in [3.8, 4) is 5.75 Å². The molecule has 0 radical (unpaired) electrons. The normalized spacial score (nSPS) is 11.7. The maximum absolute atomic E-state index is 12.4. The maximum atomic E-state index is 12.4. The molecule has 0 unspecified atom stereocenters. The Hall–Kier alpha value is -2.95. The zero-order valence-electron chi connectivity index (χ0n) is 14.5. The zero-order chi connectivity index (χ0) is 20.5. The smallest absolute Gasteiger partial charge is 0.422 e. The molecule has 2 aromatic heterocycles. The van der Waals surface area contributed by atoms with Crippen molar-refractivity contribution in [3.05, 3.63) is 47.3 Å². The van der Waals surface area contributed by atoms with E-state index in [9.17, 15) is 18.0 Å². The third kappa shape index (κ3) is 4.30. The Balaban J connectivity index is 1.79. The number of carboxylic acids is 1. The molecule has 0 amide bonds. The molecule has 0 bridgehead atoms. The van der Waals surface area contributed by atoms with Crippen LogP contribution in [0.25, 0.3) is 11.0 Å². The Morgan fingerprint density at radius 1 is 1.36 bits per heavy atom. The summed E-state index contributed by atoms with van der Waals surface area (Å²) in [6.45, 7) is 0.244. The molecule has 0 aliphatic rings. The highest BCUT2D eigenvalue weighted by molar-refractivity contribution is 7.98. The molecule has 7 nitrogen and oxygen atoms in total. The van der Waals surface area contributed by atoms with Gasteiger partial charge in [-0.25, -0.2) is 14.5 Å². The van der Waals surface area contributed by atoms with E-state index in [0.29, 0.717) is 33.2 Å². The molecule has 3 aromatic rings. The van der Waals surface area contributed by atoms with E-state index in [-0.39, 0.29) is 11.3 Å². The van der Waals surface area contributed by atoms with Gasteiger partial charge in [-0.2, -0.15) is 13.2 Å². The summed E-state index contributed by atoms with van der Waals surface area (Å²) in [4.78, 5) is 19.6. The lowest BCUT2D eigenvalue weighted by molar-refractivity contribution is -0.153. The number of thioether (sulfide) groups is 1. The second-order valence-corrected chi connectivity index (χ2v) is 6.79. The predicted octanol–water partition coefficient (Wildman–Crippen LogP) is 3.39. The number of nitrogens with two attached hydrogens (primary N) is 1. The number of ether oxygens (including phenoxy) is 1. The highest BCUT2D eigenvalue weighted by atomic mass is 32.2. The van der Waals surface area contributed by atoms with Gasteiger partial charge in [0.2, 0.25) is 0 Å². The van der Waals surface area contributed by atoms with Crippen molar-refractivity contribution in [1.82, 2.24) is 14.6 Å². The molecule has 1 aromatic carbocycles. The average molecular weight is 412 g/mol. The predicted molar refractivity (Wildman–Crippen MR) is 96.9 cm³/mol. The summed E-state index contributed by atoms with van der Waals surface area (Å²) < 4.78 is 43.2. The summed E-state index contributed by atoms with van der Waals surface area (Å²) in [6.07, 6.45) is -3.05. The molecule has 11 heteroatoms. The number of alkyl halides is 3. The number of hydrogen-bond donors (Lipinski definition) is 2. The number of carboxylic acid groups (broad SMARTS) is 1. The first-order valence-electron chi connectivity index (χ1n) is 7.93. The Morgan fingerprint density at radius 3 is 2.79 bits per heavy atom. The number of halogens is 3. The summed E-state index contributed by atoms with van der Waals surface area (Å²) >= 11 is 1.23. The summed E-state index contributed by atoms with van der Waals surface area (Å²) in [7, 11) is 0. The first-order valence-corrected chi connectivity index (χ1v) is 8.92. The first-order chi connectivity index (χ1) is 13.2. The number of imidazole rings is 1. The lowest BCUT2D eigenvalue weighted by Gasteiger charge is -2.13. The molecule has 3 rings (SSSR count). The van der Waals surface area contributed by atoms with Gasteiger partial charge in [0.15, 0.2) is 11.8 Å². The van der Waals surface area contributed by atoms with Crippen LogP contribution in [0, 0.1) is 6.92 Å². The van der Waals surface area contributed by atoms with Crippen LogP contribution in [-0.4, -0.2) is 38.5 Å². The molecule has 0 saturated carbocycles. The molecule has 2 heterocycles. The number of rotatable bonds is 6. The fraction of sp³-hybridized carbons (Fsp3) is 0.235. The van der Waals surface area contributed by atoms with Crippen LogP contribution in [0.5, 0.6) is 5.75 Å². The van der Waals surface area contributed by atoms with E-state index in [4.69, 9.17) is 15.7 Å². The Kier molecular flexibility index (Phi) is 5.36. The van der Waals surface area contributed by atoms with Gasteiger partial charge in [0.05, 0.1) is 22.3 Å². The van der Waals surface area contributed by atoms with Crippen LogP contribution in [0.4, 0.5) is 13.2 Å². The molecule has 0 atom stereocenters. The fourth-order valence-corrected chi connectivity index (χ4v) is 3.42. The minimum atomic E-state index is -4.43. The van der Waals surface area contributed by atoms with Crippen LogP contribution < -0.4 is 10.6 Å². The minimum absolute atomic E-state index is 0.0918. The standard InChI is InChI=1S/C17H15F3N4O3S/c1-9-12(22-5-4-14(9)27-8-17(18,19)20)7-28-16-23-11-6-10(15(25)26)2-3-13(11)24(16)21/h2-6H,7-8,21H2,1H3,(H,25,26). The minimum Gasteiger partial charge on any atom is -0.484 e. The molecule has 3 N–H and O–H groups in total. The van der Waals surface area contributed by atoms with Crippen molar-refractivity contribution < 1.29 is 27.8 Å². The quantitative estimate of drug-likeness (QED) is 0.472. The number of nitrogens with zero attached hydrogens (tertiary/aromatic N) is 3. The maximum Gasteiger partial charge on any atom is 0.422 e. The van der Waals surface area contributed by atoms with Gasteiger partial charge >= 0.3 is 12.1 Å². The summed E-state index contributed by atoms with van der Waals surface area (Å²) in [5.74, 6) is 5.34. The van der Waals surface area contributed by atoms with Crippen LogP contribution >= 0.6 is 11.8 Å². The second-order valence-electron chi connectivity index (χ2n) is 5.85. The number of pyridine rings is 1. The number of hydrogen-bond acceptors (Lipinski definition) is 6. The van der Waals surface area contributed by atoms with Crippen molar-refractivity contribution in [2.75, 3.05) is 12.4 Å². The van der Waals surface area contributed by atoms with Crippen molar-refractivity contribution >= 4 is 28.8 Å². The highest BCUT2D eigenvalue weighted by Gasteiger charge is 2.28. The number of fused-ring (bicyclic) bond motifs is 1. The van der Waals surface area contributed by atoms with E-state index in [1.807, 2.05) is 0 Å². The Labute approximate surface area is 161 Å². The zero-order valence-corrected chi connectivity index (χ0v) is 15.3. The van der Waals surface area contributed by atoms with Crippen LogP contribution in [-0.2, 0) is 5.75 Å². The van der Waals surface area contributed by atoms with Crippen LogP contribution in [0.15, 0.2) is 35.6 Å². The first kappa shape index (κ1) is 19.8. The summed E-state index contributed by atoms with van der Waals surface area (Å²) in [6, 6.07) is 5.78. The van der Waals surface area contributed by atoms with Gasteiger partial charge in [0, 0.05) is 17.5 Å². The van der Waals surface area contributed by atoms with Gasteiger partial charge in [-0.05, 0) is 31.2 Å². The summed E-state index contributed by atoms with van der Waals surface area (Å²) in [5, 5.41) is 9.48. The molecular formula is C17H15F3N4O3S. The lowest BCUT2D eigenvalue weighted by atomic mass is 10.2. The summed E-state index contributed by atoms with van der Waals surface area (Å²) in [5.41, 5.74) is 2.10. The van der Waals surface area contributed by atoms with Crippen LogP contribution in [0.2, 0.25) is 0 Å². The van der Waals surface area contributed by atoms with E-state index >= 15 is 0 Å². The molecule has 28 heavy (non-hydrogen) atoms. The van der Waals surface area contributed by atoms with Crippen molar-refractivity contribution in [2.24, 2.45) is 0 Å². The fourth-order valence-electron chi connectivity index (χ4n) is 2.46. The van der Waals surface area contributed by atoms with Crippen LogP contribution in [0.3, 0.4) is 0 Å². The molecule has 0 saturated heterocycles. The molecule has 0 spiro atoms. The number of nitrogen functional groups attached to an aromatic ring is 1. The van der Waals surface area contributed by atoms with Crippen molar-refractivity contribution in [3.63, 3.8) is 0 Å². The third-order valence-electron chi connectivity index (χ3n) is 3.89. The van der Waals surface area contributed by atoms with Gasteiger partial charge in [-0.1, -0.05) is 11.8 Å². The monoisotopic (exact) mass is 412 g/mol. The van der Waals surface area contributed by atoms with Crippen molar-refractivity contribution in [2.45, 2.75) is 24.0 Å². The highest BCUT2D eigenvalue weighted by Crippen LogP contribution is 2.29. The Bertz CT molecular complexity index is 1040. The third-order valence-corrected chi connectivity index (χ3v) is 4.86.